The monoisotopic (exact) mass is 342 g/mol. The standard InChI is InChI=1S/C22H34N2O/c1-16-9-5-6-10-20-21(18(3)23-19-11-12-19)15-24(22(20)17(16)2)13-7-8-14-25-4/h6,10,15,18-19,23H,5,7-9,11-14H2,1-4H3/b10-6-,17-16+. The van der Waals surface area contributed by atoms with E-state index in [1.165, 1.54) is 47.2 Å². The first kappa shape index (κ1) is 18.5. The number of hydrogen-bond donors (Lipinski definition) is 1. The number of methoxy groups -OCH3 is 1. The minimum atomic E-state index is 0.415. The van der Waals surface area contributed by atoms with Crippen molar-refractivity contribution in [2.24, 2.45) is 0 Å². The lowest BCUT2D eigenvalue weighted by Gasteiger charge is -2.17. The highest BCUT2D eigenvalue weighted by molar-refractivity contribution is 5.76. The van der Waals surface area contributed by atoms with Gasteiger partial charge < -0.3 is 14.6 Å². The molecule has 3 nitrogen and oxygen atoms in total. The molecule has 0 aromatic carbocycles. The maximum absolute atomic E-state index is 5.22. The van der Waals surface area contributed by atoms with Crippen molar-refractivity contribution in [1.29, 1.82) is 0 Å². The topological polar surface area (TPSA) is 26.2 Å². The maximum Gasteiger partial charge on any atom is 0.0512 e. The van der Waals surface area contributed by atoms with E-state index in [-0.39, 0.29) is 0 Å². The third kappa shape index (κ3) is 4.45. The van der Waals surface area contributed by atoms with Crippen LogP contribution in [0.3, 0.4) is 0 Å². The van der Waals surface area contributed by atoms with E-state index in [4.69, 9.17) is 4.74 Å². The highest BCUT2D eigenvalue weighted by Gasteiger charge is 2.26. The predicted octanol–water partition coefficient (Wildman–Crippen LogP) is 5.33. The molecule has 1 N–H and O–H groups in total. The summed E-state index contributed by atoms with van der Waals surface area (Å²) in [5.74, 6) is 0. The average Bonchev–Trinajstić information content (AvgIpc) is 3.33. The molecular formula is C22H34N2O. The zero-order chi connectivity index (χ0) is 17.8. The van der Waals surface area contributed by atoms with Gasteiger partial charge in [0.25, 0.3) is 0 Å². The van der Waals surface area contributed by atoms with Crippen molar-refractivity contribution in [1.82, 2.24) is 9.88 Å². The second kappa shape index (κ2) is 8.37. The quantitative estimate of drug-likeness (QED) is 0.646. The summed E-state index contributed by atoms with van der Waals surface area (Å²) >= 11 is 0. The van der Waals surface area contributed by atoms with Crippen molar-refractivity contribution in [2.75, 3.05) is 13.7 Å². The van der Waals surface area contributed by atoms with E-state index < -0.39 is 0 Å². The number of hydrogen-bond acceptors (Lipinski definition) is 2. The first-order chi connectivity index (χ1) is 12.1. The normalized spacial score (nSPS) is 23.0. The Labute approximate surface area is 153 Å². The van der Waals surface area contributed by atoms with Crippen molar-refractivity contribution < 1.29 is 4.74 Å². The van der Waals surface area contributed by atoms with Crippen molar-refractivity contribution in [2.45, 2.75) is 77.9 Å². The van der Waals surface area contributed by atoms with Crippen LogP contribution in [0, 0.1) is 0 Å². The van der Waals surface area contributed by atoms with Crippen LogP contribution in [0.15, 0.2) is 17.8 Å². The van der Waals surface area contributed by atoms with Gasteiger partial charge in [-0.1, -0.05) is 17.7 Å². The Hall–Kier alpha value is -1.32. The van der Waals surface area contributed by atoms with Gasteiger partial charge in [0.15, 0.2) is 0 Å². The Morgan fingerprint density at radius 2 is 2.08 bits per heavy atom. The van der Waals surface area contributed by atoms with Crippen molar-refractivity contribution in [3.8, 4) is 0 Å². The minimum absolute atomic E-state index is 0.415. The third-order valence-corrected chi connectivity index (χ3v) is 5.64. The smallest absolute Gasteiger partial charge is 0.0512 e. The molecule has 1 heterocycles. The fraction of sp³-hybridized carbons (Fsp3) is 0.636. The number of aryl methyl sites for hydroxylation is 1. The zero-order valence-corrected chi connectivity index (χ0v) is 16.4. The minimum Gasteiger partial charge on any atom is -0.385 e. The van der Waals surface area contributed by atoms with E-state index >= 15 is 0 Å². The number of nitrogens with one attached hydrogen (secondary N) is 1. The van der Waals surface area contributed by atoms with Gasteiger partial charge in [-0.2, -0.15) is 0 Å². The molecule has 0 spiro atoms. The number of fused-ring (bicyclic) bond motifs is 1. The van der Waals surface area contributed by atoms with Gasteiger partial charge in [0.1, 0.15) is 0 Å². The lowest BCUT2D eigenvalue weighted by atomic mass is 9.94. The summed E-state index contributed by atoms with van der Waals surface area (Å²) in [7, 11) is 1.79. The van der Waals surface area contributed by atoms with Gasteiger partial charge in [0.05, 0.1) is 5.69 Å². The van der Waals surface area contributed by atoms with Crippen molar-refractivity contribution in [3.05, 3.63) is 34.7 Å². The highest BCUT2D eigenvalue weighted by atomic mass is 16.5. The first-order valence-electron chi connectivity index (χ1n) is 9.93. The summed E-state index contributed by atoms with van der Waals surface area (Å²) < 4.78 is 7.72. The van der Waals surface area contributed by atoms with Gasteiger partial charge in [-0.05, 0) is 70.4 Å². The van der Waals surface area contributed by atoms with Crippen LogP contribution in [0.1, 0.15) is 82.2 Å². The Balaban J connectivity index is 1.94. The Morgan fingerprint density at radius 1 is 1.28 bits per heavy atom. The van der Waals surface area contributed by atoms with E-state index in [1.807, 2.05) is 0 Å². The van der Waals surface area contributed by atoms with E-state index in [0.29, 0.717) is 6.04 Å². The summed E-state index contributed by atoms with van der Waals surface area (Å²) in [5, 5.41) is 3.79. The molecule has 0 aliphatic heterocycles. The molecule has 1 saturated carbocycles. The summed E-state index contributed by atoms with van der Waals surface area (Å²) in [6.07, 6.45) is 14.4. The van der Waals surface area contributed by atoms with Gasteiger partial charge >= 0.3 is 0 Å². The maximum atomic E-state index is 5.22. The summed E-state index contributed by atoms with van der Waals surface area (Å²) in [5.41, 5.74) is 7.32. The van der Waals surface area contributed by atoms with Crippen LogP contribution < -0.4 is 5.32 Å². The fourth-order valence-electron chi connectivity index (χ4n) is 3.82. The Morgan fingerprint density at radius 3 is 2.80 bits per heavy atom. The van der Waals surface area contributed by atoms with Crippen LogP contribution in [0.25, 0.3) is 11.6 Å². The third-order valence-electron chi connectivity index (χ3n) is 5.64. The second-order valence-corrected chi connectivity index (χ2v) is 7.75. The van der Waals surface area contributed by atoms with Crippen molar-refractivity contribution in [3.63, 3.8) is 0 Å². The van der Waals surface area contributed by atoms with Crippen LogP contribution in [0.5, 0.6) is 0 Å². The molecule has 3 heteroatoms. The van der Waals surface area contributed by atoms with Crippen LogP contribution in [0.4, 0.5) is 0 Å². The average molecular weight is 343 g/mol. The molecule has 138 valence electrons. The van der Waals surface area contributed by atoms with Crippen LogP contribution in [0.2, 0.25) is 0 Å². The van der Waals surface area contributed by atoms with Gasteiger partial charge in [-0.15, -0.1) is 0 Å². The van der Waals surface area contributed by atoms with Gasteiger partial charge in [0.2, 0.25) is 0 Å². The Bertz CT molecular complexity index is 649. The molecule has 3 rings (SSSR count). The molecule has 0 amide bonds. The van der Waals surface area contributed by atoms with E-state index in [0.717, 1.165) is 38.5 Å². The van der Waals surface area contributed by atoms with Crippen LogP contribution in [-0.4, -0.2) is 24.3 Å². The first-order valence-corrected chi connectivity index (χ1v) is 9.93. The van der Waals surface area contributed by atoms with E-state index in [9.17, 15) is 0 Å². The molecule has 1 aromatic heterocycles. The molecule has 2 aliphatic rings. The van der Waals surface area contributed by atoms with E-state index in [1.54, 1.807) is 7.11 Å². The van der Waals surface area contributed by atoms with Crippen molar-refractivity contribution >= 4 is 11.6 Å². The summed E-state index contributed by atoms with van der Waals surface area (Å²) in [6.45, 7) is 8.85. The lowest BCUT2D eigenvalue weighted by Crippen LogP contribution is -2.20. The summed E-state index contributed by atoms with van der Waals surface area (Å²) in [4.78, 5) is 0. The molecule has 1 aromatic rings. The fourth-order valence-corrected chi connectivity index (χ4v) is 3.82. The number of nitrogens with zero attached hydrogens (tertiary/aromatic N) is 1. The molecule has 1 unspecified atom stereocenters. The lowest BCUT2D eigenvalue weighted by molar-refractivity contribution is 0.191. The van der Waals surface area contributed by atoms with Gasteiger partial charge in [-0.25, -0.2) is 0 Å². The second-order valence-electron chi connectivity index (χ2n) is 7.75. The molecule has 1 fully saturated rings. The largest absolute Gasteiger partial charge is 0.385 e. The molecule has 2 aliphatic carbocycles. The number of aromatic nitrogens is 1. The van der Waals surface area contributed by atoms with E-state index in [2.05, 4.69) is 49.0 Å². The summed E-state index contributed by atoms with van der Waals surface area (Å²) in [6, 6.07) is 1.14. The molecule has 0 saturated heterocycles. The molecular weight excluding hydrogens is 308 g/mol. The zero-order valence-electron chi connectivity index (χ0n) is 16.4. The molecule has 0 bridgehead atoms. The Kier molecular flexibility index (Phi) is 6.19. The molecule has 1 atom stereocenters. The van der Waals surface area contributed by atoms with Crippen LogP contribution >= 0.6 is 0 Å². The highest BCUT2D eigenvalue weighted by Crippen LogP contribution is 2.35. The molecule has 0 radical (unpaired) electrons. The van der Waals surface area contributed by atoms with Gasteiger partial charge in [-0.3, -0.25) is 0 Å². The number of ether oxygens (including phenoxy) is 1. The van der Waals surface area contributed by atoms with Crippen LogP contribution in [-0.2, 0) is 11.3 Å². The number of rotatable bonds is 8. The SMILES string of the molecule is COCCCCn1cc(C(C)NC2CC2)c2c1/C(C)=C(\C)CC/C=C\2. The number of allylic oxidation sites excluding steroid dienone is 3. The predicted molar refractivity (Wildman–Crippen MR) is 107 cm³/mol. The molecule has 25 heavy (non-hydrogen) atoms. The van der Waals surface area contributed by atoms with Gasteiger partial charge in [0, 0.05) is 44.1 Å². The number of unbranched alkanes of at least 4 members (excludes halogenated alkanes) is 1.